The summed E-state index contributed by atoms with van der Waals surface area (Å²) in [5.74, 6) is 0. The lowest BCUT2D eigenvalue weighted by atomic mass is 10.0. The van der Waals surface area contributed by atoms with Crippen LogP contribution in [0.2, 0.25) is 0 Å². The summed E-state index contributed by atoms with van der Waals surface area (Å²) in [4.78, 5) is 4.42. The first-order chi connectivity index (χ1) is 14.7. The van der Waals surface area contributed by atoms with E-state index in [1.54, 1.807) is 34.8 Å². The largest absolute Gasteiger partial charge is 0.280 e. The van der Waals surface area contributed by atoms with Crippen LogP contribution in [-0.2, 0) is 20.0 Å². The van der Waals surface area contributed by atoms with E-state index in [1.165, 1.54) is 30.3 Å². The molecule has 4 rings (SSSR count). The van der Waals surface area contributed by atoms with Gasteiger partial charge in [-0.2, -0.15) is 4.31 Å². The molecular weight excluding hydrogens is 434 g/mol. The van der Waals surface area contributed by atoms with Crippen LogP contribution in [0.4, 0.5) is 5.69 Å². The van der Waals surface area contributed by atoms with Gasteiger partial charge in [-0.1, -0.05) is 24.6 Å². The van der Waals surface area contributed by atoms with Gasteiger partial charge in [0.05, 0.1) is 10.4 Å². The molecule has 31 heavy (non-hydrogen) atoms. The van der Waals surface area contributed by atoms with E-state index in [2.05, 4.69) is 9.71 Å². The van der Waals surface area contributed by atoms with Crippen LogP contribution >= 0.6 is 0 Å². The molecule has 1 aliphatic heterocycles. The van der Waals surface area contributed by atoms with E-state index in [0.29, 0.717) is 5.52 Å². The van der Waals surface area contributed by atoms with Crippen molar-refractivity contribution in [2.24, 2.45) is 0 Å². The molecule has 0 aliphatic carbocycles. The number of rotatable bonds is 5. The number of para-hydroxylation sites is 1. The van der Waals surface area contributed by atoms with Crippen molar-refractivity contribution in [1.82, 2.24) is 9.29 Å². The number of fused-ring (bicyclic) bond motifs is 1. The Bertz CT molecular complexity index is 1290. The zero-order valence-corrected chi connectivity index (χ0v) is 19.0. The Balaban J connectivity index is 1.61. The van der Waals surface area contributed by atoms with Crippen molar-refractivity contribution in [3.63, 3.8) is 0 Å². The summed E-state index contributed by atoms with van der Waals surface area (Å²) in [5, 5.41) is 0.719. The van der Waals surface area contributed by atoms with Crippen molar-refractivity contribution in [2.75, 3.05) is 4.72 Å². The minimum absolute atomic E-state index is 0.0641. The normalized spacial score (nSPS) is 20.6. The molecule has 0 unspecified atom stereocenters. The lowest BCUT2D eigenvalue weighted by molar-refractivity contribution is 0.204. The summed E-state index contributed by atoms with van der Waals surface area (Å²) in [6.07, 6.45) is 4.22. The van der Waals surface area contributed by atoms with E-state index in [9.17, 15) is 16.8 Å². The number of nitrogens with one attached hydrogen (secondary N) is 1. The molecule has 1 aliphatic rings. The predicted octanol–water partition coefficient (Wildman–Crippen LogP) is 3.99. The van der Waals surface area contributed by atoms with Gasteiger partial charge < -0.3 is 0 Å². The molecular formula is C22H25N3O4S2. The predicted molar refractivity (Wildman–Crippen MR) is 121 cm³/mol. The van der Waals surface area contributed by atoms with Crippen molar-refractivity contribution in [1.29, 1.82) is 0 Å². The smallest absolute Gasteiger partial charge is 0.264 e. The van der Waals surface area contributed by atoms with Gasteiger partial charge in [0, 0.05) is 29.4 Å². The maximum Gasteiger partial charge on any atom is 0.264 e. The summed E-state index contributed by atoms with van der Waals surface area (Å²) < 4.78 is 56.3. The van der Waals surface area contributed by atoms with Crippen LogP contribution in [0.15, 0.2) is 70.6 Å². The minimum Gasteiger partial charge on any atom is -0.280 e. The second-order valence-electron chi connectivity index (χ2n) is 7.93. The Hall–Kier alpha value is -2.49. The number of pyridine rings is 1. The molecule has 0 spiro atoms. The molecule has 1 saturated heterocycles. The van der Waals surface area contributed by atoms with Gasteiger partial charge in [0.2, 0.25) is 10.0 Å². The van der Waals surface area contributed by atoms with E-state index >= 15 is 0 Å². The van der Waals surface area contributed by atoms with E-state index in [-0.39, 0.29) is 27.6 Å². The van der Waals surface area contributed by atoms with Gasteiger partial charge in [-0.3, -0.25) is 9.71 Å². The zero-order chi connectivity index (χ0) is 22.2. The van der Waals surface area contributed by atoms with Crippen LogP contribution in [0.3, 0.4) is 0 Å². The lowest BCUT2D eigenvalue weighted by Gasteiger charge is -2.37. The fourth-order valence-corrected chi connectivity index (χ4v) is 7.31. The second-order valence-corrected chi connectivity index (χ2v) is 11.4. The standard InChI is InChI=1S/C22H25N3O4S2/c1-16-6-3-7-17(2)25(16)31(28,29)20-13-11-19(12-14-20)24-30(26,27)21-10-4-8-18-9-5-15-23-22(18)21/h4-5,8-17,24H,3,6-7H2,1-2H3/t16-,17+. The SMILES string of the molecule is C[C@@H]1CCC[C@H](C)N1S(=O)(=O)c1ccc(NS(=O)(=O)c2cccc3cccnc23)cc1. The van der Waals surface area contributed by atoms with Crippen LogP contribution in [0, 0.1) is 0 Å². The highest BCUT2D eigenvalue weighted by atomic mass is 32.2. The number of hydrogen-bond donors (Lipinski definition) is 1. The number of nitrogens with zero attached hydrogens (tertiary/aromatic N) is 2. The molecule has 2 atom stereocenters. The number of piperidine rings is 1. The van der Waals surface area contributed by atoms with Gasteiger partial charge in [0.25, 0.3) is 10.0 Å². The Kier molecular flexibility index (Phi) is 5.76. The summed E-state index contributed by atoms with van der Waals surface area (Å²) in [6.45, 7) is 3.85. The lowest BCUT2D eigenvalue weighted by Crippen LogP contribution is -2.47. The van der Waals surface area contributed by atoms with Crippen LogP contribution in [0.25, 0.3) is 10.9 Å². The molecule has 164 valence electrons. The number of anilines is 1. The zero-order valence-electron chi connectivity index (χ0n) is 17.4. The van der Waals surface area contributed by atoms with Crippen molar-refractivity contribution in [3.05, 3.63) is 60.8 Å². The first kappa shape index (κ1) is 21.7. The highest BCUT2D eigenvalue weighted by Crippen LogP contribution is 2.30. The molecule has 7 nitrogen and oxygen atoms in total. The summed E-state index contributed by atoms with van der Waals surface area (Å²) in [5.41, 5.74) is 0.663. The number of sulfonamides is 2. The van der Waals surface area contributed by atoms with Crippen molar-refractivity contribution in [2.45, 2.75) is 55.0 Å². The van der Waals surface area contributed by atoms with Gasteiger partial charge in [-0.25, -0.2) is 16.8 Å². The van der Waals surface area contributed by atoms with E-state index in [0.717, 1.165) is 24.6 Å². The first-order valence-corrected chi connectivity index (χ1v) is 13.1. The fourth-order valence-electron chi connectivity index (χ4n) is 4.19. The van der Waals surface area contributed by atoms with Gasteiger partial charge in [0.15, 0.2) is 0 Å². The highest BCUT2D eigenvalue weighted by molar-refractivity contribution is 7.93. The molecule has 1 aromatic heterocycles. The minimum atomic E-state index is -3.90. The Morgan fingerprint density at radius 3 is 2.23 bits per heavy atom. The third-order valence-electron chi connectivity index (χ3n) is 5.68. The molecule has 0 bridgehead atoms. The molecule has 0 amide bonds. The van der Waals surface area contributed by atoms with Crippen molar-refractivity contribution >= 4 is 36.6 Å². The molecule has 9 heteroatoms. The highest BCUT2D eigenvalue weighted by Gasteiger charge is 2.35. The van der Waals surface area contributed by atoms with Crippen molar-refractivity contribution in [3.8, 4) is 0 Å². The topological polar surface area (TPSA) is 96.4 Å². The van der Waals surface area contributed by atoms with Gasteiger partial charge in [-0.05, 0) is 63.1 Å². The first-order valence-electron chi connectivity index (χ1n) is 10.2. The summed E-state index contributed by atoms with van der Waals surface area (Å²) in [6, 6.07) is 14.2. The second kappa shape index (κ2) is 8.22. The molecule has 1 fully saturated rings. The fraction of sp³-hybridized carbons (Fsp3) is 0.318. The van der Waals surface area contributed by atoms with Gasteiger partial charge in [0.1, 0.15) is 4.90 Å². The molecule has 0 radical (unpaired) electrons. The third-order valence-corrected chi connectivity index (χ3v) is 9.24. The van der Waals surface area contributed by atoms with Gasteiger partial charge >= 0.3 is 0 Å². The molecule has 1 N–H and O–H groups in total. The van der Waals surface area contributed by atoms with Crippen LogP contribution in [0.1, 0.15) is 33.1 Å². The third kappa shape index (κ3) is 4.17. The summed E-state index contributed by atoms with van der Waals surface area (Å²) >= 11 is 0. The Labute approximate surface area is 183 Å². The monoisotopic (exact) mass is 459 g/mol. The molecule has 2 aromatic carbocycles. The Morgan fingerprint density at radius 2 is 1.55 bits per heavy atom. The number of aromatic nitrogens is 1. The van der Waals surface area contributed by atoms with Crippen molar-refractivity contribution < 1.29 is 16.8 Å². The van der Waals surface area contributed by atoms with Gasteiger partial charge in [-0.15, -0.1) is 0 Å². The van der Waals surface area contributed by atoms with Crippen LogP contribution in [0.5, 0.6) is 0 Å². The summed E-state index contributed by atoms with van der Waals surface area (Å²) in [7, 11) is -7.55. The van der Waals surface area contributed by atoms with E-state index in [4.69, 9.17) is 0 Å². The quantitative estimate of drug-likeness (QED) is 0.622. The van der Waals surface area contributed by atoms with E-state index < -0.39 is 20.0 Å². The molecule has 0 saturated carbocycles. The molecule has 2 heterocycles. The number of benzene rings is 2. The maximum atomic E-state index is 13.2. The molecule has 3 aromatic rings. The van der Waals surface area contributed by atoms with Crippen LogP contribution < -0.4 is 4.72 Å². The van der Waals surface area contributed by atoms with E-state index in [1.807, 2.05) is 13.8 Å². The average molecular weight is 460 g/mol. The number of hydrogen-bond acceptors (Lipinski definition) is 5. The Morgan fingerprint density at radius 1 is 0.903 bits per heavy atom. The maximum absolute atomic E-state index is 13.2. The average Bonchev–Trinajstić information content (AvgIpc) is 2.73. The van der Waals surface area contributed by atoms with Crippen LogP contribution in [-0.4, -0.2) is 38.2 Å².